The first-order valence-corrected chi connectivity index (χ1v) is 7.65. The normalized spacial score (nSPS) is 11.9. The van der Waals surface area contributed by atoms with Crippen LogP contribution in [0.15, 0.2) is 22.5 Å². The molecule has 18 heavy (non-hydrogen) atoms. The molecule has 2 N–H and O–H groups in total. The second-order valence-electron chi connectivity index (χ2n) is 4.39. The lowest BCUT2D eigenvalue weighted by Gasteiger charge is -2.16. The first kappa shape index (κ1) is 15.0. The van der Waals surface area contributed by atoms with Gasteiger partial charge in [-0.3, -0.25) is 4.99 Å². The quantitative estimate of drug-likeness (QED) is 0.589. The minimum atomic E-state index is 0.737. The van der Waals surface area contributed by atoms with Crippen LogP contribution in [0.25, 0.3) is 0 Å². The molecule has 0 aliphatic carbocycles. The maximum Gasteiger partial charge on any atom is 0.190 e. The number of guanidine groups is 1. The van der Waals surface area contributed by atoms with Crippen LogP contribution in [0, 0.1) is 5.92 Å². The van der Waals surface area contributed by atoms with Crippen LogP contribution < -0.4 is 10.6 Å². The second kappa shape index (κ2) is 8.97. The van der Waals surface area contributed by atoms with Gasteiger partial charge in [0.1, 0.15) is 0 Å². The predicted molar refractivity (Wildman–Crippen MR) is 81.5 cm³/mol. The minimum absolute atomic E-state index is 0.737. The van der Waals surface area contributed by atoms with Gasteiger partial charge in [-0.2, -0.15) is 0 Å². The van der Waals surface area contributed by atoms with Gasteiger partial charge in [-0.25, -0.2) is 0 Å². The Kier molecular flexibility index (Phi) is 7.49. The molecule has 4 heteroatoms. The van der Waals surface area contributed by atoms with E-state index in [4.69, 9.17) is 0 Å². The number of hydrogen-bond acceptors (Lipinski definition) is 2. The fraction of sp³-hybridized carbons (Fsp3) is 0.643. The van der Waals surface area contributed by atoms with Gasteiger partial charge < -0.3 is 10.6 Å². The zero-order valence-electron chi connectivity index (χ0n) is 11.7. The van der Waals surface area contributed by atoms with E-state index in [-0.39, 0.29) is 0 Å². The van der Waals surface area contributed by atoms with Crippen molar-refractivity contribution in [1.82, 2.24) is 10.6 Å². The Labute approximate surface area is 115 Å². The molecule has 1 aromatic rings. The maximum absolute atomic E-state index is 4.25. The number of thiophene rings is 1. The molecule has 0 saturated heterocycles. The zero-order valence-corrected chi connectivity index (χ0v) is 12.5. The van der Waals surface area contributed by atoms with Gasteiger partial charge in [0.05, 0.1) is 0 Å². The van der Waals surface area contributed by atoms with Crippen LogP contribution in [-0.4, -0.2) is 26.1 Å². The standard InChI is InChI=1S/C14H25N3S/c1-4-12(5-2)11-17-14(15-3)16-9-8-13-7-6-10-18-13/h6-7,10,12H,4-5,8-9,11H2,1-3H3,(H2,15,16,17). The minimum Gasteiger partial charge on any atom is -0.356 e. The van der Waals surface area contributed by atoms with Crippen LogP contribution in [0.3, 0.4) is 0 Å². The third kappa shape index (κ3) is 5.54. The molecule has 0 fully saturated rings. The highest BCUT2D eigenvalue weighted by atomic mass is 32.1. The smallest absolute Gasteiger partial charge is 0.190 e. The Morgan fingerprint density at radius 3 is 2.67 bits per heavy atom. The van der Waals surface area contributed by atoms with Crippen molar-refractivity contribution < 1.29 is 0 Å². The highest BCUT2D eigenvalue weighted by molar-refractivity contribution is 7.09. The van der Waals surface area contributed by atoms with Gasteiger partial charge in [0.2, 0.25) is 0 Å². The Hall–Kier alpha value is -1.03. The highest BCUT2D eigenvalue weighted by Crippen LogP contribution is 2.08. The predicted octanol–water partition coefficient (Wildman–Crippen LogP) is 2.89. The fourth-order valence-corrected chi connectivity index (χ4v) is 2.51. The maximum atomic E-state index is 4.25. The third-order valence-electron chi connectivity index (χ3n) is 3.18. The van der Waals surface area contributed by atoms with Crippen LogP contribution in [-0.2, 0) is 6.42 Å². The van der Waals surface area contributed by atoms with Gasteiger partial charge in [0.25, 0.3) is 0 Å². The van der Waals surface area contributed by atoms with Crippen molar-refractivity contribution in [3.8, 4) is 0 Å². The van der Waals surface area contributed by atoms with Gasteiger partial charge >= 0.3 is 0 Å². The first-order chi connectivity index (χ1) is 8.80. The molecular weight excluding hydrogens is 242 g/mol. The van der Waals surface area contributed by atoms with Crippen molar-refractivity contribution in [2.75, 3.05) is 20.1 Å². The van der Waals surface area contributed by atoms with Crippen LogP contribution in [0.5, 0.6) is 0 Å². The summed E-state index contributed by atoms with van der Waals surface area (Å²) < 4.78 is 0. The van der Waals surface area contributed by atoms with E-state index in [1.54, 1.807) is 0 Å². The lowest BCUT2D eigenvalue weighted by Crippen LogP contribution is -2.40. The molecule has 1 heterocycles. The molecule has 0 bridgehead atoms. The van der Waals surface area contributed by atoms with E-state index in [0.717, 1.165) is 31.4 Å². The number of nitrogens with zero attached hydrogens (tertiary/aromatic N) is 1. The zero-order chi connectivity index (χ0) is 13.2. The van der Waals surface area contributed by atoms with Gasteiger partial charge in [-0.1, -0.05) is 32.8 Å². The highest BCUT2D eigenvalue weighted by Gasteiger charge is 2.04. The van der Waals surface area contributed by atoms with Crippen molar-refractivity contribution in [2.24, 2.45) is 10.9 Å². The molecule has 0 amide bonds. The lowest BCUT2D eigenvalue weighted by atomic mass is 10.0. The monoisotopic (exact) mass is 267 g/mol. The molecule has 102 valence electrons. The molecule has 0 atom stereocenters. The third-order valence-corrected chi connectivity index (χ3v) is 4.12. The summed E-state index contributed by atoms with van der Waals surface area (Å²) >= 11 is 1.81. The van der Waals surface area contributed by atoms with Crippen molar-refractivity contribution in [3.63, 3.8) is 0 Å². The molecular formula is C14H25N3S. The van der Waals surface area contributed by atoms with E-state index in [9.17, 15) is 0 Å². The molecule has 0 spiro atoms. The molecule has 3 nitrogen and oxygen atoms in total. The van der Waals surface area contributed by atoms with Crippen LogP contribution in [0.1, 0.15) is 31.6 Å². The van der Waals surface area contributed by atoms with E-state index >= 15 is 0 Å². The summed E-state index contributed by atoms with van der Waals surface area (Å²) in [5.74, 6) is 1.65. The summed E-state index contributed by atoms with van der Waals surface area (Å²) in [7, 11) is 1.83. The molecule has 0 saturated carbocycles. The Bertz CT molecular complexity index is 329. The number of nitrogens with one attached hydrogen (secondary N) is 2. The van der Waals surface area contributed by atoms with E-state index in [1.807, 2.05) is 18.4 Å². The topological polar surface area (TPSA) is 36.4 Å². The van der Waals surface area contributed by atoms with Crippen molar-refractivity contribution in [3.05, 3.63) is 22.4 Å². The molecule has 0 aliphatic rings. The lowest BCUT2D eigenvalue weighted by molar-refractivity contribution is 0.481. The number of rotatable bonds is 7. The van der Waals surface area contributed by atoms with Gasteiger partial charge in [0.15, 0.2) is 5.96 Å². The molecule has 0 unspecified atom stereocenters. The largest absolute Gasteiger partial charge is 0.356 e. The fourth-order valence-electron chi connectivity index (χ4n) is 1.80. The Morgan fingerprint density at radius 2 is 2.11 bits per heavy atom. The van der Waals surface area contributed by atoms with Crippen molar-refractivity contribution in [2.45, 2.75) is 33.1 Å². The number of aliphatic imine (C=N–C) groups is 1. The first-order valence-electron chi connectivity index (χ1n) is 6.77. The summed E-state index contributed by atoms with van der Waals surface area (Å²) in [4.78, 5) is 5.66. The van der Waals surface area contributed by atoms with Gasteiger partial charge in [-0.05, 0) is 23.8 Å². The summed E-state index contributed by atoms with van der Waals surface area (Å²) in [6.07, 6.45) is 3.49. The number of hydrogen-bond donors (Lipinski definition) is 2. The Balaban J connectivity index is 2.21. The Morgan fingerprint density at radius 1 is 1.33 bits per heavy atom. The molecule has 0 radical (unpaired) electrons. The van der Waals surface area contributed by atoms with E-state index < -0.39 is 0 Å². The summed E-state index contributed by atoms with van der Waals surface area (Å²) in [6.45, 7) is 6.42. The average Bonchev–Trinajstić information content (AvgIpc) is 2.91. The molecule has 1 aromatic heterocycles. The summed E-state index contributed by atoms with van der Waals surface area (Å²) in [5, 5.41) is 8.87. The van der Waals surface area contributed by atoms with Crippen LogP contribution in [0.4, 0.5) is 0 Å². The molecule has 0 aliphatic heterocycles. The van der Waals surface area contributed by atoms with Crippen molar-refractivity contribution >= 4 is 17.3 Å². The summed E-state index contributed by atoms with van der Waals surface area (Å²) in [6, 6.07) is 4.27. The average molecular weight is 267 g/mol. The van der Waals surface area contributed by atoms with Crippen LogP contribution >= 0.6 is 11.3 Å². The molecule has 1 rings (SSSR count). The van der Waals surface area contributed by atoms with Gasteiger partial charge in [-0.15, -0.1) is 11.3 Å². The van der Waals surface area contributed by atoms with Crippen LogP contribution in [0.2, 0.25) is 0 Å². The van der Waals surface area contributed by atoms with E-state index in [1.165, 1.54) is 17.7 Å². The van der Waals surface area contributed by atoms with E-state index in [0.29, 0.717) is 0 Å². The second-order valence-corrected chi connectivity index (χ2v) is 5.42. The van der Waals surface area contributed by atoms with Gasteiger partial charge in [0, 0.05) is 25.0 Å². The SMILES string of the molecule is CCC(CC)CNC(=NC)NCCc1cccs1. The van der Waals surface area contributed by atoms with E-state index in [2.05, 4.69) is 47.0 Å². The molecule has 0 aromatic carbocycles. The van der Waals surface area contributed by atoms with Crippen molar-refractivity contribution in [1.29, 1.82) is 0 Å². The summed E-state index contributed by atoms with van der Waals surface area (Å²) in [5.41, 5.74) is 0.